The number of hydrogen-bond acceptors (Lipinski definition) is 5. The van der Waals surface area contributed by atoms with E-state index in [1.54, 1.807) is 0 Å². The van der Waals surface area contributed by atoms with E-state index in [1.807, 2.05) is 0 Å². The number of nitrogens with zero attached hydrogens (tertiary/aromatic N) is 2. The topological polar surface area (TPSA) is 70.5 Å². The van der Waals surface area contributed by atoms with Crippen LogP contribution in [0.4, 0.5) is 5.13 Å². The summed E-state index contributed by atoms with van der Waals surface area (Å²) in [6.07, 6.45) is 2.52. The maximum atomic E-state index is 11.5. The summed E-state index contributed by atoms with van der Waals surface area (Å²) in [5.41, 5.74) is 0. The number of carbonyl (C=O) groups excluding carboxylic acids is 2. The van der Waals surface area contributed by atoms with Crippen molar-refractivity contribution in [2.75, 3.05) is 18.1 Å². The molecule has 2 heterocycles. The highest BCUT2D eigenvalue weighted by Crippen LogP contribution is 2.27. The predicted octanol–water partition coefficient (Wildman–Crippen LogP) is 0.301. The molecule has 6 heteroatoms. The van der Waals surface area contributed by atoms with Crippen LogP contribution in [-0.2, 0) is 4.79 Å². The minimum absolute atomic E-state index is 0.00809. The normalized spacial score (nSPS) is 21.0. The van der Waals surface area contributed by atoms with Crippen LogP contribution in [0.1, 0.15) is 16.1 Å². The van der Waals surface area contributed by atoms with Gasteiger partial charge in [-0.05, 0) is 0 Å². The van der Waals surface area contributed by atoms with Crippen LogP contribution in [-0.4, -0.2) is 35.4 Å². The van der Waals surface area contributed by atoms with Crippen molar-refractivity contribution in [2.24, 2.45) is 5.92 Å². The van der Waals surface area contributed by atoms with Gasteiger partial charge in [-0.2, -0.15) is 0 Å². The molecule has 15 heavy (non-hydrogen) atoms. The molecule has 80 valence electrons. The lowest BCUT2D eigenvalue weighted by Crippen LogP contribution is -2.24. The lowest BCUT2D eigenvalue weighted by atomic mass is 10.1. The van der Waals surface area contributed by atoms with Gasteiger partial charge in [0.05, 0.1) is 11.1 Å². The van der Waals surface area contributed by atoms with E-state index in [0.29, 0.717) is 29.3 Å². The standard InChI is InChI=1S/C9H10N2O3S/c12-4-6-1-8(14)11(3-6)9-10-2-7(5-13)15-9/h2,5-6,12H,1,3-4H2. The zero-order valence-corrected chi connectivity index (χ0v) is 8.74. The summed E-state index contributed by atoms with van der Waals surface area (Å²) in [6.45, 7) is 0.495. The molecule has 1 aromatic heterocycles. The molecule has 1 aliphatic heterocycles. The first-order valence-corrected chi connectivity index (χ1v) is 5.38. The first kappa shape index (κ1) is 10.3. The summed E-state index contributed by atoms with van der Waals surface area (Å²) < 4.78 is 0. The first-order chi connectivity index (χ1) is 7.24. The molecule has 1 fully saturated rings. The van der Waals surface area contributed by atoms with E-state index in [4.69, 9.17) is 5.11 Å². The van der Waals surface area contributed by atoms with Crippen molar-refractivity contribution in [1.82, 2.24) is 4.98 Å². The Hall–Kier alpha value is -1.27. The van der Waals surface area contributed by atoms with Crippen LogP contribution in [0.2, 0.25) is 0 Å². The maximum Gasteiger partial charge on any atom is 0.229 e. The molecular formula is C9H10N2O3S. The fourth-order valence-corrected chi connectivity index (χ4v) is 2.30. The van der Waals surface area contributed by atoms with Crippen molar-refractivity contribution in [3.05, 3.63) is 11.1 Å². The Balaban J connectivity index is 2.17. The zero-order chi connectivity index (χ0) is 10.8. The molecule has 0 spiro atoms. The van der Waals surface area contributed by atoms with E-state index >= 15 is 0 Å². The van der Waals surface area contributed by atoms with Gasteiger partial charge in [0.2, 0.25) is 5.91 Å². The molecule has 0 bridgehead atoms. The zero-order valence-electron chi connectivity index (χ0n) is 7.92. The van der Waals surface area contributed by atoms with Gasteiger partial charge in [0.25, 0.3) is 0 Å². The monoisotopic (exact) mass is 226 g/mol. The Bertz CT molecular complexity index is 390. The molecule has 0 aliphatic carbocycles. The van der Waals surface area contributed by atoms with Gasteiger partial charge in [-0.3, -0.25) is 14.5 Å². The van der Waals surface area contributed by atoms with Crippen molar-refractivity contribution in [3.8, 4) is 0 Å². The van der Waals surface area contributed by atoms with Crippen LogP contribution in [0.3, 0.4) is 0 Å². The fourth-order valence-electron chi connectivity index (χ4n) is 1.54. The highest BCUT2D eigenvalue weighted by molar-refractivity contribution is 7.17. The minimum atomic E-state index is -0.0409. The van der Waals surface area contributed by atoms with Crippen molar-refractivity contribution < 1.29 is 14.7 Å². The summed E-state index contributed by atoms with van der Waals surface area (Å²) >= 11 is 1.19. The summed E-state index contributed by atoms with van der Waals surface area (Å²) in [5.74, 6) is -0.0538. The summed E-state index contributed by atoms with van der Waals surface area (Å²) in [6, 6.07) is 0. The van der Waals surface area contributed by atoms with Gasteiger partial charge in [-0.15, -0.1) is 0 Å². The van der Waals surface area contributed by atoms with Gasteiger partial charge in [0, 0.05) is 25.5 Å². The highest BCUT2D eigenvalue weighted by atomic mass is 32.1. The molecule has 0 aromatic carbocycles. The van der Waals surface area contributed by atoms with Gasteiger partial charge in [-0.1, -0.05) is 11.3 Å². The van der Waals surface area contributed by atoms with E-state index in [1.165, 1.54) is 22.4 Å². The third-order valence-corrected chi connectivity index (χ3v) is 3.27. The van der Waals surface area contributed by atoms with Crippen LogP contribution in [0.15, 0.2) is 6.20 Å². The van der Waals surface area contributed by atoms with Gasteiger partial charge in [0.15, 0.2) is 11.4 Å². The number of aliphatic hydroxyl groups excluding tert-OH is 1. The number of anilines is 1. The Morgan fingerprint density at radius 2 is 2.53 bits per heavy atom. The van der Waals surface area contributed by atoms with Crippen LogP contribution in [0, 0.1) is 5.92 Å². The Morgan fingerprint density at radius 3 is 3.07 bits per heavy atom. The molecule has 0 saturated carbocycles. The summed E-state index contributed by atoms with van der Waals surface area (Å²) in [7, 11) is 0. The average Bonchev–Trinajstić information content (AvgIpc) is 2.83. The molecule has 5 nitrogen and oxygen atoms in total. The first-order valence-electron chi connectivity index (χ1n) is 4.57. The molecule has 1 aliphatic rings. The number of carbonyl (C=O) groups is 2. The summed E-state index contributed by atoms with van der Waals surface area (Å²) in [4.78, 5) is 28.0. The Labute approximate surface area is 90.4 Å². The van der Waals surface area contributed by atoms with Crippen LogP contribution in [0.25, 0.3) is 0 Å². The smallest absolute Gasteiger partial charge is 0.229 e. The lowest BCUT2D eigenvalue weighted by Gasteiger charge is -2.11. The quantitative estimate of drug-likeness (QED) is 0.752. The third kappa shape index (κ3) is 1.91. The number of hydrogen-bond donors (Lipinski definition) is 1. The van der Waals surface area contributed by atoms with Crippen LogP contribution >= 0.6 is 11.3 Å². The van der Waals surface area contributed by atoms with E-state index < -0.39 is 0 Å². The van der Waals surface area contributed by atoms with E-state index in [0.717, 1.165) is 0 Å². The third-order valence-electron chi connectivity index (χ3n) is 2.32. The number of rotatable bonds is 3. The predicted molar refractivity (Wildman–Crippen MR) is 55.0 cm³/mol. The van der Waals surface area contributed by atoms with Gasteiger partial charge < -0.3 is 5.11 Å². The Morgan fingerprint density at radius 1 is 1.73 bits per heavy atom. The van der Waals surface area contributed by atoms with Crippen LogP contribution in [0.5, 0.6) is 0 Å². The molecule has 1 saturated heterocycles. The summed E-state index contributed by atoms with van der Waals surface area (Å²) in [5, 5.41) is 9.49. The SMILES string of the molecule is O=Cc1cnc(N2CC(CO)CC2=O)s1. The second-order valence-corrected chi connectivity index (χ2v) is 4.46. The molecule has 1 unspecified atom stereocenters. The Kier molecular flexibility index (Phi) is 2.79. The van der Waals surface area contributed by atoms with Gasteiger partial charge in [0.1, 0.15) is 0 Å². The fraction of sp³-hybridized carbons (Fsp3) is 0.444. The van der Waals surface area contributed by atoms with Crippen molar-refractivity contribution in [1.29, 1.82) is 0 Å². The van der Waals surface area contributed by atoms with Crippen molar-refractivity contribution in [3.63, 3.8) is 0 Å². The number of aldehydes is 1. The second-order valence-electron chi connectivity index (χ2n) is 3.42. The number of thiazole rings is 1. The minimum Gasteiger partial charge on any atom is -0.396 e. The van der Waals surface area contributed by atoms with E-state index in [9.17, 15) is 9.59 Å². The highest BCUT2D eigenvalue weighted by Gasteiger charge is 2.31. The number of aliphatic hydroxyl groups is 1. The molecular weight excluding hydrogens is 216 g/mol. The molecule has 1 N–H and O–H groups in total. The molecule has 0 radical (unpaired) electrons. The van der Waals surface area contributed by atoms with Crippen molar-refractivity contribution in [2.45, 2.75) is 6.42 Å². The lowest BCUT2D eigenvalue weighted by molar-refractivity contribution is -0.117. The van der Waals surface area contributed by atoms with Gasteiger partial charge >= 0.3 is 0 Å². The average molecular weight is 226 g/mol. The number of aromatic nitrogens is 1. The molecule has 1 aromatic rings. The number of amides is 1. The molecule has 1 atom stereocenters. The van der Waals surface area contributed by atoms with E-state index in [2.05, 4.69) is 4.98 Å². The largest absolute Gasteiger partial charge is 0.396 e. The van der Waals surface area contributed by atoms with Gasteiger partial charge in [-0.25, -0.2) is 4.98 Å². The molecule has 2 rings (SSSR count). The van der Waals surface area contributed by atoms with Crippen molar-refractivity contribution >= 4 is 28.7 Å². The second kappa shape index (κ2) is 4.08. The molecule has 1 amide bonds. The maximum absolute atomic E-state index is 11.5. The van der Waals surface area contributed by atoms with Crippen LogP contribution < -0.4 is 4.90 Å². The van der Waals surface area contributed by atoms with E-state index in [-0.39, 0.29) is 18.4 Å².